The molecule has 1 heterocycles. The van der Waals surface area contributed by atoms with E-state index in [0.717, 1.165) is 16.9 Å². The summed E-state index contributed by atoms with van der Waals surface area (Å²) in [6, 6.07) is 19.1. The highest BCUT2D eigenvalue weighted by molar-refractivity contribution is 7.92. The zero-order chi connectivity index (χ0) is 24.3. The van der Waals surface area contributed by atoms with E-state index < -0.39 is 10.0 Å². The third-order valence-electron chi connectivity index (χ3n) is 5.46. The zero-order valence-corrected chi connectivity index (χ0v) is 20.0. The van der Waals surface area contributed by atoms with Crippen LogP contribution in [0.15, 0.2) is 71.6 Å². The van der Waals surface area contributed by atoms with Gasteiger partial charge in [-0.25, -0.2) is 13.4 Å². The third-order valence-corrected chi connectivity index (χ3v) is 6.98. The fraction of sp³-hybridized carbons (Fsp3) is 0.200. The molecule has 0 fully saturated rings. The van der Waals surface area contributed by atoms with Gasteiger partial charge in [0.2, 0.25) is 5.91 Å². The average molecular weight is 479 g/mol. The van der Waals surface area contributed by atoms with Gasteiger partial charge < -0.3 is 14.6 Å². The maximum atomic E-state index is 13.0. The predicted octanol–water partition coefficient (Wildman–Crippen LogP) is 4.36. The van der Waals surface area contributed by atoms with Crippen molar-refractivity contribution in [1.82, 2.24) is 9.55 Å². The Morgan fingerprint density at radius 2 is 1.74 bits per heavy atom. The van der Waals surface area contributed by atoms with E-state index in [4.69, 9.17) is 4.74 Å². The van der Waals surface area contributed by atoms with Crippen molar-refractivity contribution in [3.63, 3.8) is 0 Å². The summed E-state index contributed by atoms with van der Waals surface area (Å²) >= 11 is 0. The molecule has 0 saturated carbocycles. The lowest BCUT2D eigenvalue weighted by Gasteiger charge is -2.14. The van der Waals surface area contributed by atoms with Gasteiger partial charge in [0.05, 0.1) is 23.0 Å². The molecule has 3 aromatic carbocycles. The second kappa shape index (κ2) is 9.56. The number of methoxy groups -OCH3 is 1. The topological polar surface area (TPSA) is 102 Å². The van der Waals surface area contributed by atoms with Gasteiger partial charge in [-0.2, -0.15) is 0 Å². The third kappa shape index (κ3) is 4.89. The number of rotatable bonds is 8. The molecule has 0 aliphatic heterocycles. The number of anilines is 2. The van der Waals surface area contributed by atoms with Crippen LogP contribution in [0.4, 0.5) is 11.4 Å². The Labute approximate surface area is 198 Å². The number of nitrogens with one attached hydrogen (secondary N) is 2. The fourth-order valence-corrected chi connectivity index (χ4v) is 5.08. The Morgan fingerprint density at radius 3 is 2.44 bits per heavy atom. The van der Waals surface area contributed by atoms with E-state index in [0.29, 0.717) is 29.1 Å². The van der Waals surface area contributed by atoms with Gasteiger partial charge in [0.1, 0.15) is 18.1 Å². The standard InChI is InChI=1S/C25H26N4O4S/c1-4-24-27-21-7-5-6-8-22(21)29(24)16-25(30)26-19-10-9-17(2)23(15-19)34(31,32)28-18-11-13-20(33-3)14-12-18/h5-15,28H,4,16H2,1-3H3,(H,26,30). The van der Waals surface area contributed by atoms with E-state index in [1.54, 1.807) is 50.4 Å². The predicted molar refractivity (Wildman–Crippen MR) is 133 cm³/mol. The number of carbonyl (C=O) groups excluding carboxylic acids is 1. The minimum absolute atomic E-state index is 0.0732. The Hall–Kier alpha value is -3.85. The van der Waals surface area contributed by atoms with Crippen LogP contribution in [0.25, 0.3) is 11.0 Å². The molecule has 0 radical (unpaired) electrons. The summed E-state index contributed by atoms with van der Waals surface area (Å²) in [7, 11) is -2.33. The van der Waals surface area contributed by atoms with Gasteiger partial charge in [-0.15, -0.1) is 0 Å². The van der Waals surface area contributed by atoms with Crippen LogP contribution >= 0.6 is 0 Å². The Bertz CT molecular complexity index is 1440. The molecule has 34 heavy (non-hydrogen) atoms. The van der Waals surface area contributed by atoms with Gasteiger partial charge >= 0.3 is 0 Å². The molecule has 0 unspecified atom stereocenters. The molecule has 0 aliphatic carbocycles. The summed E-state index contributed by atoms with van der Waals surface area (Å²) in [6.07, 6.45) is 0.686. The Morgan fingerprint density at radius 1 is 1.03 bits per heavy atom. The summed E-state index contributed by atoms with van der Waals surface area (Å²) < 4.78 is 35.6. The first-order chi connectivity index (χ1) is 16.3. The van der Waals surface area contributed by atoms with Crippen molar-refractivity contribution in [3.8, 4) is 5.75 Å². The number of para-hydroxylation sites is 2. The van der Waals surface area contributed by atoms with Crippen LogP contribution in [0.5, 0.6) is 5.75 Å². The molecule has 2 N–H and O–H groups in total. The van der Waals surface area contributed by atoms with Gasteiger partial charge in [0.25, 0.3) is 10.0 Å². The minimum atomic E-state index is -3.87. The Balaban J connectivity index is 1.54. The van der Waals surface area contributed by atoms with Crippen molar-refractivity contribution in [1.29, 1.82) is 0 Å². The number of aryl methyl sites for hydroxylation is 2. The molecule has 0 aliphatic rings. The summed E-state index contributed by atoms with van der Waals surface area (Å²) in [6.45, 7) is 3.77. The van der Waals surface area contributed by atoms with E-state index in [1.165, 1.54) is 6.07 Å². The van der Waals surface area contributed by atoms with Gasteiger partial charge in [-0.3, -0.25) is 9.52 Å². The number of amides is 1. The molecule has 176 valence electrons. The Kier molecular flexibility index (Phi) is 6.56. The highest BCUT2D eigenvalue weighted by Gasteiger charge is 2.19. The van der Waals surface area contributed by atoms with Crippen LogP contribution in [0.1, 0.15) is 18.3 Å². The molecule has 0 atom stereocenters. The molecule has 0 saturated heterocycles. The molecule has 4 aromatic rings. The maximum Gasteiger partial charge on any atom is 0.262 e. The molecular formula is C25H26N4O4S. The van der Waals surface area contributed by atoms with E-state index in [2.05, 4.69) is 15.0 Å². The van der Waals surface area contributed by atoms with E-state index in [9.17, 15) is 13.2 Å². The van der Waals surface area contributed by atoms with E-state index in [-0.39, 0.29) is 17.3 Å². The summed E-state index contributed by atoms with van der Waals surface area (Å²) in [5, 5.41) is 2.82. The molecule has 1 aromatic heterocycles. The van der Waals surface area contributed by atoms with Crippen LogP contribution < -0.4 is 14.8 Å². The highest BCUT2D eigenvalue weighted by atomic mass is 32.2. The average Bonchev–Trinajstić information content (AvgIpc) is 3.18. The number of sulfonamides is 1. The fourth-order valence-electron chi connectivity index (χ4n) is 3.75. The largest absolute Gasteiger partial charge is 0.497 e. The van der Waals surface area contributed by atoms with Crippen molar-refractivity contribution in [2.45, 2.75) is 31.7 Å². The normalized spacial score (nSPS) is 11.4. The lowest BCUT2D eigenvalue weighted by molar-refractivity contribution is -0.116. The number of carbonyl (C=O) groups is 1. The molecule has 4 rings (SSSR count). The van der Waals surface area contributed by atoms with E-state index >= 15 is 0 Å². The lowest BCUT2D eigenvalue weighted by Crippen LogP contribution is -2.21. The van der Waals surface area contributed by atoms with Crippen molar-refractivity contribution in [3.05, 3.63) is 78.1 Å². The molecular weight excluding hydrogens is 452 g/mol. The quantitative estimate of drug-likeness (QED) is 0.392. The van der Waals surface area contributed by atoms with Crippen LogP contribution in [0.3, 0.4) is 0 Å². The van der Waals surface area contributed by atoms with Crippen LogP contribution in [-0.4, -0.2) is 31.0 Å². The number of imidazole rings is 1. The number of fused-ring (bicyclic) bond motifs is 1. The van der Waals surface area contributed by atoms with Crippen molar-refractivity contribution < 1.29 is 17.9 Å². The molecule has 8 nitrogen and oxygen atoms in total. The molecule has 0 spiro atoms. The SMILES string of the molecule is CCc1nc2ccccc2n1CC(=O)Nc1ccc(C)c(S(=O)(=O)Nc2ccc(OC)cc2)c1. The first kappa shape index (κ1) is 23.3. The monoisotopic (exact) mass is 478 g/mol. The van der Waals surface area contributed by atoms with Crippen molar-refractivity contribution in [2.75, 3.05) is 17.1 Å². The summed E-state index contributed by atoms with van der Waals surface area (Å²) in [5.41, 5.74) is 3.08. The lowest BCUT2D eigenvalue weighted by atomic mass is 10.2. The van der Waals surface area contributed by atoms with Crippen LogP contribution in [-0.2, 0) is 27.8 Å². The second-order valence-corrected chi connectivity index (χ2v) is 9.47. The van der Waals surface area contributed by atoms with Gasteiger partial charge in [0.15, 0.2) is 0 Å². The molecule has 1 amide bonds. The smallest absolute Gasteiger partial charge is 0.262 e. The zero-order valence-electron chi connectivity index (χ0n) is 19.2. The number of aromatic nitrogens is 2. The maximum absolute atomic E-state index is 13.0. The van der Waals surface area contributed by atoms with Gasteiger partial charge in [-0.05, 0) is 61.0 Å². The van der Waals surface area contributed by atoms with Gasteiger partial charge in [-0.1, -0.05) is 25.1 Å². The number of hydrogen-bond donors (Lipinski definition) is 2. The van der Waals surface area contributed by atoms with Gasteiger partial charge in [0, 0.05) is 17.8 Å². The first-order valence-electron chi connectivity index (χ1n) is 10.8. The molecule has 0 bridgehead atoms. The first-order valence-corrected chi connectivity index (χ1v) is 12.3. The van der Waals surface area contributed by atoms with E-state index in [1.807, 2.05) is 35.8 Å². The van der Waals surface area contributed by atoms with Crippen molar-refractivity contribution in [2.24, 2.45) is 0 Å². The number of hydrogen-bond acceptors (Lipinski definition) is 5. The van der Waals surface area contributed by atoms with Crippen molar-refractivity contribution >= 4 is 38.3 Å². The molecule has 9 heteroatoms. The number of nitrogens with zero attached hydrogens (tertiary/aromatic N) is 2. The number of benzene rings is 3. The van der Waals surface area contributed by atoms with Crippen LogP contribution in [0, 0.1) is 6.92 Å². The summed E-state index contributed by atoms with van der Waals surface area (Å²) in [4.78, 5) is 17.5. The second-order valence-electron chi connectivity index (χ2n) is 7.82. The highest BCUT2D eigenvalue weighted by Crippen LogP contribution is 2.24. The minimum Gasteiger partial charge on any atom is -0.497 e. The van der Waals surface area contributed by atoms with Crippen LogP contribution in [0.2, 0.25) is 0 Å². The number of ether oxygens (including phenoxy) is 1. The summed E-state index contributed by atoms with van der Waals surface area (Å²) in [5.74, 6) is 1.17.